The summed E-state index contributed by atoms with van der Waals surface area (Å²) >= 11 is 5.47. The minimum Gasteiger partial charge on any atom is -0.494 e. The number of alkyl halides is 3. The van der Waals surface area contributed by atoms with Gasteiger partial charge in [0.1, 0.15) is 17.9 Å². The summed E-state index contributed by atoms with van der Waals surface area (Å²) in [6, 6.07) is 6.94. The first-order valence-corrected chi connectivity index (χ1v) is 11.6. The molecule has 1 atom stereocenters. The molecule has 0 N–H and O–H groups in total. The van der Waals surface area contributed by atoms with Crippen LogP contribution in [-0.2, 0) is 33.5 Å². The number of carbonyl (C=O) groups excluding carboxylic acids is 2. The normalized spacial score (nSPS) is 16.9. The minimum atomic E-state index is -4.81. The second-order valence-corrected chi connectivity index (χ2v) is 8.56. The summed E-state index contributed by atoms with van der Waals surface area (Å²) in [7, 11) is 0. The van der Waals surface area contributed by atoms with Crippen LogP contribution in [-0.4, -0.2) is 46.1 Å². The van der Waals surface area contributed by atoms with Crippen molar-refractivity contribution in [3.8, 4) is 11.8 Å². The van der Waals surface area contributed by atoms with Crippen molar-refractivity contribution in [2.45, 2.75) is 44.9 Å². The lowest BCUT2D eigenvalue weighted by Crippen LogP contribution is -2.39. The van der Waals surface area contributed by atoms with Crippen molar-refractivity contribution < 1.29 is 32.2 Å². The zero-order valence-corrected chi connectivity index (χ0v) is 20.0. The second-order valence-electron chi connectivity index (χ2n) is 8.19. The van der Waals surface area contributed by atoms with E-state index >= 15 is 0 Å². The lowest BCUT2D eigenvalue weighted by Gasteiger charge is -2.30. The standard InChI is InChI=1S/C24H21F3N4O4S/c1-2-34-21(32)4-3-7-35-17-6-5-14-9-20-22(33)31(23(36)30(20)13-15(14)8-17)16-10-18(24(25,26)27)19(11-28)29-12-16/h5-6,8,10,12,20H,2-4,7,9,13H2,1H3. The molecular formula is C24H21F3N4O4S. The molecule has 1 fully saturated rings. The Kier molecular flexibility index (Phi) is 7.12. The number of aromatic nitrogens is 1. The number of fused-ring (bicyclic) bond motifs is 2. The Labute approximate surface area is 210 Å². The molecule has 188 valence electrons. The van der Waals surface area contributed by atoms with Crippen LogP contribution in [0.1, 0.15) is 42.1 Å². The third kappa shape index (κ3) is 4.97. The van der Waals surface area contributed by atoms with E-state index < -0.39 is 29.4 Å². The number of nitrogens with zero attached hydrogens (tertiary/aromatic N) is 4. The number of hydrogen-bond acceptors (Lipinski definition) is 7. The molecule has 2 aliphatic rings. The quantitative estimate of drug-likeness (QED) is 0.311. The van der Waals surface area contributed by atoms with Gasteiger partial charge in [-0.3, -0.25) is 14.5 Å². The molecule has 0 bridgehead atoms. The van der Waals surface area contributed by atoms with Gasteiger partial charge < -0.3 is 14.4 Å². The van der Waals surface area contributed by atoms with Crippen LogP contribution in [0.3, 0.4) is 0 Å². The van der Waals surface area contributed by atoms with Crippen LogP contribution < -0.4 is 9.64 Å². The molecule has 0 radical (unpaired) electrons. The van der Waals surface area contributed by atoms with Crippen molar-refractivity contribution >= 4 is 34.9 Å². The van der Waals surface area contributed by atoms with Crippen molar-refractivity contribution in [1.82, 2.24) is 9.88 Å². The van der Waals surface area contributed by atoms with Gasteiger partial charge in [0.25, 0.3) is 5.91 Å². The molecule has 1 aromatic carbocycles. The summed E-state index contributed by atoms with van der Waals surface area (Å²) in [4.78, 5) is 30.9. The van der Waals surface area contributed by atoms with Crippen LogP contribution >= 0.6 is 12.2 Å². The highest BCUT2D eigenvalue weighted by molar-refractivity contribution is 7.80. The van der Waals surface area contributed by atoms with Crippen LogP contribution in [0.5, 0.6) is 5.75 Å². The van der Waals surface area contributed by atoms with Gasteiger partial charge in [-0.25, -0.2) is 4.98 Å². The van der Waals surface area contributed by atoms with Gasteiger partial charge in [0.05, 0.1) is 30.7 Å². The predicted molar refractivity (Wildman–Crippen MR) is 125 cm³/mol. The van der Waals surface area contributed by atoms with Crippen LogP contribution in [0.2, 0.25) is 0 Å². The van der Waals surface area contributed by atoms with Crippen molar-refractivity contribution in [3.05, 3.63) is 52.8 Å². The predicted octanol–water partition coefficient (Wildman–Crippen LogP) is 3.75. The number of hydrogen-bond donors (Lipinski definition) is 0. The number of ether oxygens (including phenoxy) is 2. The number of esters is 1. The molecule has 0 aliphatic carbocycles. The number of rotatable bonds is 7. The van der Waals surface area contributed by atoms with E-state index in [2.05, 4.69) is 4.98 Å². The summed E-state index contributed by atoms with van der Waals surface area (Å²) in [5.74, 6) is -0.144. The van der Waals surface area contributed by atoms with E-state index in [1.54, 1.807) is 17.9 Å². The van der Waals surface area contributed by atoms with Crippen LogP contribution in [0.4, 0.5) is 18.9 Å². The van der Waals surface area contributed by atoms with E-state index in [1.807, 2.05) is 12.1 Å². The van der Waals surface area contributed by atoms with Crippen molar-refractivity contribution in [2.24, 2.45) is 0 Å². The first kappa shape index (κ1) is 25.4. The molecular weight excluding hydrogens is 497 g/mol. The minimum absolute atomic E-state index is 0.0658. The average Bonchev–Trinajstić information content (AvgIpc) is 3.08. The first-order valence-electron chi connectivity index (χ1n) is 11.2. The SMILES string of the molecule is CCOC(=O)CCCOc1ccc2c(c1)CN1C(=S)N(c3cnc(C#N)c(C(F)(F)F)c3)C(=O)C1C2. The van der Waals surface area contributed by atoms with E-state index in [0.29, 0.717) is 31.8 Å². The number of thiocarbonyl (C=S) groups is 1. The summed E-state index contributed by atoms with van der Waals surface area (Å²) < 4.78 is 50.9. The first-order chi connectivity index (χ1) is 17.1. The summed E-state index contributed by atoms with van der Waals surface area (Å²) in [5, 5.41) is 9.06. The zero-order chi connectivity index (χ0) is 26.0. The Morgan fingerprint density at radius 2 is 2.08 bits per heavy atom. The number of amides is 1. The highest BCUT2D eigenvalue weighted by Gasteiger charge is 2.46. The van der Waals surface area contributed by atoms with Crippen molar-refractivity contribution in [2.75, 3.05) is 18.1 Å². The number of carbonyl (C=O) groups is 2. The van der Waals surface area contributed by atoms with Crippen molar-refractivity contribution in [1.29, 1.82) is 5.26 Å². The Morgan fingerprint density at radius 1 is 1.31 bits per heavy atom. The third-order valence-electron chi connectivity index (χ3n) is 5.89. The van der Waals surface area contributed by atoms with Gasteiger partial charge in [-0.05, 0) is 54.9 Å². The molecule has 1 amide bonds. The highest BCUT2D eigenvalue weighted by Crippen LogP contribution is 2.37. The van der Waals surface area contributed by atoms with E-state index in [-0.39, 0.29) is 29.7 Å². The fourth-order valence-electron chi connectivity index (χ4n) is 4.20. The molecule has 0 saturated carbocycles. The zero-order valence-electron chi connectivity index (χ0n) is 19.2. The second kappa shape index (κ2) is 10.1. The van der Waals surface area contributed by atoms with Crippen LogP contribution in [0, 0.1) is 11.3 Å². The van der Waals surface area contributed by atoms with Gasteiger partial charge in [-0.15, -0.1) is 0 Å². The fraction of sp³-hybridized carbons (Fsp3) is 0.375. The van der Waals surface area contributed by atoms with Gasteiger partial charge in [-0.2, -0.15) is 18.4 Å². The molecule has 8 nitrogen and oxygen atoms in total. The van der Waals surface area contributed by atoms with E-state index in [4.69, 9.17) is 27.0 Å². The Hall–Kier alpha value is -3.72. The maximum absolute atomic E-state index is 13.4. The Balaban J connectivity index is 1.49. The molecule has 3 heterocycles. The fourth-order valence-corrected chi connectivity index (χ4v) is 4.59. The van der Waals surface area contributed by atoms with Gasteiger partial charge in [-0.1, -0.05) is 6.07 Å². The number of benzene rings is 1. The number of anilines is 1. The summed E-state index contributed by atoms with van der Waals surface area (Å²) in [6.07, 6.45) is -2.69. The van der Waals surface area contributed by atoms with Crippen LogP contribution in [0.15, 0.2) is 30.5 Å². The maximum atomic E-state index is 13.4. The lowest BCUT2D eigenvalue weighted by atomic mass is 9.94. The third-order valence-corrected chi connectivity index (χ3v) is 6.31. The molecule has 12 heteroatoms. The smallest absolute Gasteiger partial charge is 0.419 e. The molecule has 4 rings (SSSR count). The maximum Gasteiger partial charge on any atom is 0.419 e. The number of nitriles is 1. The number of halogens is 3. The average molecular weight is 519 g/mol. The van der Waals surface area contributed by atoms with E-state index in [9.17, 15) is 22.8 Å². The van der Waals surface area contributed by atoms with E-state index in [1.165, 1.54) is 6.07 Å². The highest BCUT2D eigenvalue weighted by atomic mass is 32.1. The molecule has 0 spiro atoms. The molecule has 2 aromatic rings. The lowest BCUT2D eigenvalue weighted by molar-refractivity contribution is -0.143. The molecule has 2 aliphatic heterocycles. The molecule has 1 aromatic heterocycles. The monoisotopic (exact) mass is 518 g/mol. The van der Waals surface area contributed by atoms with Gasteiger partial charge in [0, 0.05) is 19.4 Å². The van der Waals surface area contributed by atoms with Gasteiger partial charge >= 0.3 is 12.1 Å². The topological polar surface area (TPSA) is 95.8 Å². The molecule has 36 heavy (non-hydrogen) atoms. The molecule has 1 unspecified atom stereocenters. The Morgan fingerprint density at radius 3 is 2.78 bits per heavy atom. The van der Waals surface area contributed by atoms with Gasteiger partial charge in [0.2, 0.25) is 0 Å². The van der Waals surface area contributed by atoms with E-state index in [0.717, 1.165) is 28.3 Å². The van der Waals surface area contributed by atoms with Crippen molar-refractivity contribution in [3.63, 3.8) is 0 Å². The van der Waals surface area contributed by atoms with Crippen LogP contribution in [0.25, 0.3) is 0 Å². The van der Waals surface area contributed by atoms with Gasteiger partial charge in [0.15, 0.2) is 10.8 Å². The summed E-state index contributed by atoms with van der Waals surface area (Å²) in [5.41, 5.74) is -0.359. The molecule has 1 saturated heterocycles. The number of pyridine rings is 1. The largest absolute Gasteiger partial charge is 0.494 e. The summed E-state index contributed by atoms with van der Waals surface area (Å²) in [6.45, 7) is 2.67. The Bertz CT molecular complexity index is 1260.